The van der Waals surface area contributed by atoms with E-state index in [1.807, 2.05) is 13.0 Å². The molecule has 8 heteroatoms. The van der Waals surface area contributed by atoms with E-state index in [0.717, 1.165) is 5.56 Å². The van der Waals surface area contributed by atoms with Crippen LogP contribution in [0.1, 0.15) is 17.0 Å². The van der Waals surface area contributed by atoms with E-state index in [-0.39, 0.29) is 10.5 Å². The topological polar surface area (TPSA) is 93.4 Å². The monoisotopic (exact) mass is 432 g/mol. The molecule has 0 amide bonds. The molecule has 0 saturated carbocycles. The molecule has 0 unspecified atom stereocenters. The van der Waals surface area contributed by atoms with Gasteiger partial charge in [0.2, 0.25) is 0 Å². The normalized spacial score (nSPS) is 11.8. The Morgan fingerprint density at radius 3 is 2.39 bits per heavy atom. The van der Waals surface area contributed by atoms with Crippen molar-refractivity contribution in [2.75, 3.05) is 4.72 Å². The molecule has 0 spiro atoms. The van der Waals surface area contributed by atoms with Gasteiger partial charge in [0.25, 0.3) is 15.6 Å². The van der Waals surface area contributed by atoms with E-state index < -0.39 is 10.0 Å². The molecule has 4 rings (SSSR count). The largest absolute Gasteiger partial charge is 0.282 e. The number of anilines is 1. The maximum Gasteiger partial charge on any atom is 0.282 e. The van der Waals surface area contributed by atoms with Crippen LogP contribution in [0.5, 0.6) is 0 Å². The van der Waals surface area contributed by atoms with Crippen molar-refractivity contribution in [3.8, 4) is 0 Å². The third-order valence-corrected chi connectivity index (χ3v) is 6.15. The van der Waals surface area contributed by atoms with E-state index in [4.69, 9.17) is 0 Å². The highest BCUT2D eigenvalue weighted by atomic mass is 32.2. The molecule has 0 bridgehead atoms. The van der Waals surface area contributed by atoms with Gasteiger partial charge in [0.1, 0.15) is 5.82 Å². The summed E-state index contributed by atoms with van der Waals surface area (Å²) in [5.74, 6) is 0.428. The molecule has 1 aromatic heterocycles. The molecule has 4 aromatic rings. The van der Waals surface area contributed by atoms with Crippen molar-refractivity contribution in [1.82, 2.24) is 9.66 Å². The minimum absolute atomic E-state index is 0.163. The number of rotatable bonds is 5. The first-order chi connectivity index (χ1) is 14.8. The molecule has 156 valence electrons. The number of hydrogen-bond acceptors (Lipinski definition) is 5. The SMILES string of the molecule is Cc1ccc(S(=O)(=O)Nc2ccccc2/C=N/n2c(C)nc3ccccc3c2=O)cc1. The lowest BCUT2D eigenvalue weighted by molar-refractivity contribution is 0.601. The number of sulfonamides is 1. The Kier molecular flexibility index (Phi) is 5.39. The van der Waals surface area contributed by atoms with Gasteiger partial charge in [-0.3, -0.25) is 9.52 Å². The van der Waals surface area contributed by atoms with Gasteiger partial charge in [-0.1, -0.05) is 48.0 Å². The van der Waals surface area contributed by atoms with Gasteiger partial charge >= 0.3 is 0 Å². The van der Waals surface area contributed by atoms with Gasteiger partial charge in [0.05, 0.1) is 27.7 Å². The Balaban J connectivity index is 1.70. The van der Waals surface area contributed by atoms with Gasteiger partial charge in [-0.05, 0) is 44.2 Å². The summed E-state index contributed by atoms with van der Waals surface area (Å²) in [5, 5.41) is 4.74. The molecule has 1 heterocycles. The number of nitrogens with one attached hydrogen (secondary N) is 1. The van der Waals surface area contributed by atoms with Crippen molar-refractivity contribution in [3.63, 3.8) is 0 Å². The van der Waals surface area contributed by atoms with Crippen LogP contribution < -0.4 is 10.3 Å². The molecule has 0 atom stereocenters. The molecule has 0 radical (unpaired) electrons. The molecule has 0 fully saturated rings. The fourth-order valence-electron chi connectivity index (χ4n) is 3.11. The second-order valence-electron chi connectivity index (χ2n) is 7.04. The fourth-order valence-corrected chi connectivity index (χ4v) is 4.20. The van der Waals surface area contributed by atoms with Gasteiger partial charge < -0.3 is 0 Å². The maximum atomic E-state index is 12.8. The number of aryl methyl sites for hydroxylation is 2. The zero-order chi connectivity index (χ0) is 22.0. The first-order valence-corrected chi connectivity index (χ1v) is 11.0. The molecular formula is C23H20N4O3S. The van der Waals surface area contributed by atoms with Crippen molar-refractivity contribution in [2.45, 2.75) is 18.7 Å². The van der Waals surface area contributed by atoms with Crippen molar-refractivity contribution in [1.29, 1.82) is 0 Å². The lowest BCUT2D eigenvalue weighted by Gasteiger charge is -2.11. The molecule has 0 aliphatic heterocycles. The average molecular weight is 433 g/mol. The highest BCUT2D eigenvalue weighted by Gasteiger charge is 2.15. The zero-order valence-corrected chi connectivity index (χ0v) is 17.8. The average Bonchev–Trinajstić information content (AvgIpc) is 2.75. The van der Waals surface area contributed by atoms with Crippen LogP contribution in [-0.4, -0.2) is 24.3 Å². The molecule has 3 aromatic carbocycles. The number of aromatic nitrogens is 2. The summed E-state index contributed by atoms with van der Waals surface area (Å²) in [6, 6.07) is 20.5. The molecule has 7 nitrogen and oxygen atoms in total. The van der Waals surface area contributed by atoms with E-state index in [2.05, 4.69) is 14.8 Å². The standard InChI is InChI=1S/C23H20N4O3S/c1-16-11-13-19(14-12-16)31(29,30)26-21-9-5-3-7-18(21)15-24-27-17(2)25-22-10-6-4-8-20(22)23(27)28/h3-15,26H,1-2H3/b24-15+. The summed E-state index contributed by atoms with van der Waals surface area (Å²) in [5.41, 5.74) is 2.14. The number of fused-ring (bicyclic) bond motifs is 1. The predicted octanol–water partition coefficient (Wildman–Crippen LogP) is 3.70. The van der Waals surface area contributed by atoms with Crippen molar-refractivity contribution in [3.05, 3.63) is 100 Å². The van der Waals surface area contributed by atoms with Gasteiger partial charge in [0.15, 0.2) is 0 Å². The number of para-hydroxylation sites is 2. The van der Waals surface area contributed by atoms with Gasteiger partial charge in [-0.25, -0.2) is 13.4 Å². The summed E-state index contributed by atoms with van der Waals surface area (Å²) >= 11 is 0. The fraction of sp³-hybridized carbons (Fsp3) is 0.0870. The summed E-state index contributed by atoms with van der Waals surface area (Å²) < 4.78 is 29.3. The Morgan fingerprint density at radius 1 is 0.935 bits per heavy atom. The van der Waals surface area contributed by atoms with E-state index in [9.17, 15) is 13.2 Å². The Labute approximate surface area is 179 Å². The maximum absolute atomic E-state index is 12.8. The van der Waals surface area contributed by atoms with Crippen LogP contribution in [0.15, 0.2) is 87.6 Å². The minimum Gasteiger partial charge on any atom is -0.279 e. The van der Waals surface area contributed by atoms with Crippen LogP contribution in [0.25, 0.3) is 10.9 Å². The highest BCUT2D eigenvalue weighted by molar-refractivity contribution is 7.92. The predicted molar refractivity (Wildman–Crippen MR) is 122 cm³/mol. The summed E-state index contributed by atoms with van der Waals surface area (Å²) in [4.78, 5) is 17.4. The zero-order valence-electron chi connectivity index (χ0n) is 17.0. The van der Waals surface area contributed by atoms with Crippen LogP contribution in [0.4, 0.5) is 5.69 Å². The lowest BCUT2D eigenvalue weighted by atomic mass is 10.2. The summed E-state index contributed by atoms with van der Waals surface area (Å²) in [6.07, 6.45) is 1.44. The number of benzene rings is 3. The van der Waals surface area contributed by atoms with Crippen LogP contribution in [0.2, 0.25) is 0 Å². The highest BCUT2D eigenvalue weighted by Crippen LogP contribution is 2.19. The lowest BCUT2D eigenvalue weighted by Crippen LogP contribution is -2.20. The van der Waals surface area contributed by atoms with Crippen molar-refractivity contribution in [2.24, 2.45) is 5.10 Å². The van der Waals surface area contributed by atoms with E-state index >= 15 is 0 Å². The van der Waals surface area contributed by atoms with E-state index in [1.165, 1.54) is 10.9 Å². The van der Waals surface area contributed by atoms with Crippen LogP contribution in [0.3, 0.4) is 0 Å². The van der Waals surface area contributed by atoms with E-state index in [0.29, 0.717) is 28.0 Å². The van der Waals surface area contributed by atoms with Crippen LogP contribution in [-0.2, 0) is 10.0 Å². The van der Waals surface area contributed by atoms with Gasteiger partial charge in [-0.15, -0.1) is 0 Å². The van der Waals surface area contributed by atoms with Crippen LogP contribution >= 0.6 is 0 Å². The quantitative estimate of drug-likeness (QED) is 0.487. The molecule has 1 N–H and O–H groups in total. The Bertz CT molecular complexity index is 1460. The smallest absolute Gasteiger partial charge is 0.279 e. The third-order valence-electron chi connectivity index (χ3n) is 4.76. The van der Waals surface area contributed by atoms with Crippen LogP contribution in [0, 0.1) is 13.8 Å². The number of hydrogen-bond donors (Lipinski definition) is 1. The van der Waals surface area contributed by atoms with Crippen molar-refractivity contribution >= 4 is 32.8 Å². The Hall–Kier alpha value is -3.78. The number of nitrogens with zero attached hydrogens (tertiary/aromatic N) is 3. The molecular weight excluding hydrogens is 412 g/mol. The van der Waals surface area contributed by atoms with Crippen molar-refractivity contribution < 1.29 is 8.42 Å². The van der Waals surface area contributed by atoms with Gasteiger partial charge in [0, 0.05) is 5.56 Å². The molecule has 31 heavy (non-hydrogen) atoms. The summed E-state index contributed by atoms with van der Waals surface area (Å²) in [6.45, 7) is 3.58. The second-order valence-corrected chi connectivity index (χ2v) is 8.73. The third kappa shape index (κ3) is 4.24. The summed E-state index contributed by atoms with van der Waals surface area (Å²) in [7, 11) is -3.77. The second kappa shape index (κ2) is 8.16. The molecule has 0 aliphatic rings. The Morgan fingerprint density at radius 2 is 1.61 bits per heavy atom. The minimum atomic E-state index is -3.77. The molecule has 0 saturated heterocycles. The van der Waals surface area contributed by atoms with E-state index in [1.54, 1.807) is 73.7 Å². The van der Waals surface area contributed by atoms with Gasteiger partial charge in [-0.2, -0.15) is 9.78 Å². The molecule has 0 aliphatic carbocycles. The first-order valence-electron chi connectivity index (χ1n) is 9.56. The first kappa shape index (κ1) is 20.5.